The fourth-order valence-electron chi connectivity index (χ4n) is 3.78. The highest BCUT2D eigenvalue weighted by molar-refractivity contribution is 6.33. The first-order chi connectivity index (χ1) is 17.0. The van der Waals surface area contributed by atoms with Gasteiger partial charge in [-0.25, -0.2) is 9.97 Å². The van der Waals surface area contributed by atoms with Gasteiger partial charge < -0.3 is 0 Å². The third kappa shape index (κ3) is 4.47. The van der Waals surface area contributed by atoms with Gasteiger partial charge >= 0.3 is 0 Å². The van der Waals surface area contributed by atoms with Gasteiger partial charge in [0.2, 0.25) is 0 Å². The van der Waals surface area contributed by atoms with Crippen LogP contribution >= 0.6 is 11.6 Å². The average molecular weight is 484 g/mol. The molecule has 3 aromatic carbocycles. The normalized spacial score (nSPS) is 10.9. The minimum Gasteiger partial charge on any atom is -0.289 e. The molecule has 2 aromatic heterocycles. The average Bonchev–Trinajstić information content (AvgIpc) is 2.88. The van der Waals surface area contributed by atoms with E-state index in [4.69, 9.17) is 11.6 Å². The van der Waals surface area contributed by atoms with Crippen molar-refractivity contribution in [3.05, 3.63) is 106 Å². The van der Waals surface area contributed by atoms with E-state index in [1.165, 1.54) is 10.9 Å². The van der Waals surface area contributed by atoms with E-state index in [1.54, 1.807) is 54.6 Å². The lowest BCUT2D eigenvalue weighted by molar-refractivity contribution is -0.122. The molecule has 9 heteroatoms. The van der Waals surface area contributed by atoms with E-state index >= 15 is 0 Å². The molecule has 35 heavy (non-hydrogen) atoms. The molecule has 0 spiro atoms. The van der Waals surface area contributed by atoms with Crippen molar-refractivity contribution in [1.29, 1.82) is 0 Å². The smallest absolute Gasteiger partial charge is 0.270 e. The fourth-order valence-corrected chi connectivity index (χ4v) is 4.01. The van der Waals surface area contributed by atoms with Crippen LogP contribution < -0.4 is 16.4 Å². The summed E-state index contributed by atoms with van der Waals surface area (Å²) in [5, 5.41) is 1.52. The van der Waals surface area contributed by atoms with E-state index in [1.807, 2.05) is 24.3 Å². The molecule has 0 radical (unpaired) electrons. The number of fused-ring (bicyclic) bond motifs is 2. The van der Waals surface area contributed by atoms with Gasteiger partial charge in [0, 0.05) is 16.0 Å². The second kappa shape index (κ2) is 9.36. The van der Waals surface area contributed by atoms with E-state index < -0.39 is 11.8 Å². The highest BCUT2D eigenvalue weighted by Crippen LogP contribution is 2.29. The Morgan fingerprint density at radius 3 is 2.34 bits per heavy atom. The molecule has 0 saturated heterocycles. The summed E-state index contributed by atoms with van der Waals surface area (Å²) in [6, 6.07) is 22.9. The number of para-hydroxylation sites is 2. The van der Waals surface area contributed by atoms with E-state index in [0.717, 1.165) is 0 Å². The number of rotatable bonds is 4. The first kappa shape index (κ1) is 22.2. The molecule has 2 N–H and O–H groups in total. The van der Waals surface area contributed by atoms with E-state index in [2.05, 4.69) is 20.8 Å². The minimum atomic E-state index is -0.581. The van der Waals surface area contributed by atoms with Gasteiger partial charge in [0.05, 0.1) is 34.0 Å². The Morgan fingerprint density at radius 2 is 1.54 bits per heavy atom. The van der Waals surface area contributed by atoms with Crippen LogP contribution in [0.5, 0.6) is 0 Å². The summed E-state index contributed by atoms with van der Waals surface area (Å²) in [6.45, 7) is -0.307. The molecule has 2 heterocycles. The monoisotopic (exact) mass is 483 g/mol. The first-order valence-electron chi connectivity index (χ1n) is 10.7. The number of aromatic nitrogens is 3. The number of nitrogens with zero attached hydrogens (tertiary/aromatic N) is 3. The number of carbonyl (C=O) groups is 2. The summed E-state index contributed by atoms with van der Waals surface area (Å²) < 4.78 is 1.18. The lowest BCUT2D eigenvalue weighted by Crippen LogP contribution is -2.44. The van der Waals surface area contributed by atoms with Crippen LogP contribution in [0, 0.1) is 0 Å². The predicted molar refractivity (Wildman–Crippen MR) is 134 cm³/mol. The van der Waals surface area contributed by atoms with Crippen LogP contribution in [0.1, 0.15) is 10.4 Å². The molecular formula is C26H18ClN5O3. The Kier molecular flexibility index (Phi) is 5.95. The summed E-state index contributed by atoms with van der Waals surface area (Å²) in [5.74, 6) is -1.11. The number of amides is 2. The molecule has 172 valence electrons. The summed E-state index contributed by atoms with van der Waals surface area (Å²) in [5.41, 5.74) is 7.12. The van der Waals surface area contributed by atoms with Gasteiger partial charge in [-0.1, -0.05) is 60.1 Å². The number of hydrazine groups is 1. The summed E-state index contributed by atoms with van der Waals surface area (Å²) >= 11 is 6.34. The van der Waals surface area contributed by atoms with Crippen molar-refractivity contribution >= 4 is 45.2 Å². The molecular weight excluding hydrogens is 466 g/mol. The third-order valence-electron chi connectivity index (χ3n) is 5.47. The number of halogens is 1. The zero-order chi connectivity index (χ0) is 24.4. The number of carbonyl (C=O) groups excluding carboxylic acids is 2. The van der Waals surface area contributed by atoms with Gasteiger partial charge in [-0.2, -0.15) is 0 Å². The minimum absolute atomic E-state index is 0.307. The standard InChI is InChI=1S/C26H18ClN5O3/c27-20-10-4-1-8-17(20)23-13-19(16-7-2-6-12-22(16)29-23)25(34)31-30-24(33)14-32-15-28-21-11-5-3-9-18(21)26(32)35/h1-13,15H,14H2,(H,30,33)(H,31,34). The van der Waals surface area contributed by atoms with Crippen molar-refractivity contribution in [2.45, 2.75) is 6.54 Å². The van der Waals surface area contributed by atoms with Crippen molar-refractivity contribution in [2.24, 2.45) is 0 Å². The van der Waals surface area contributed by atoms with E-state index in [9.17, 15) is 14.4 Å². The number of nitrogens with one attached hydrogen (secondary N) is 2. The maximum Gasteiger partial charge on any atom is 0.270 e. The molecule has 0 fully saturated rings. The molecule has 0 aliphatic rings. The van der Waals surface area contributed by atoms with Crippen molar-refractivity contribution in [2.75, 3.05) is 0 Å². The number of hydrogen-bond acceptors (Lipinski definition) is 5. The molecule has 8 nitrogen and oxygen atoms in total. The van der Waals surface area contributed by atoms with Gasteiger partial charge in [-0.05, 0) is 30.3 Å². The second-order valence-corrected chi connectivity index (χ2v) is 8.16. The highest BCUT2D eigenvalue weighted by atomic mass is 35.5. The van der Waals surface area contributed by atoms with Crippen LogP contribution in [0.15, 0.2) is 90.0 Å². The van der Waals surface area contributed by atoms with Crippen LogP contribution in [-0.4, -0.2) is 26.3 Å². The quantitative estimate of drug-likeness (QED) is 0.379. The van der Waals surface area contributed by atoms with Gasteiger partial charge in [0.1, 0.15) is 6.54 Å². The first-order valence-corrected chi connectivity index (χ1v) is 11.1. The number of hydrogen-bond donors (Lipinski definition) is 2. The molecule has 0 bridgehead atoms. The van der Waals surface area contributed by atoms with Crippen molar-refractivity contribution in [1.82, 2.24) is 25.4 Å². The molecule has 2 amide bonds. The molecule has 0 aliphatic carbocycles. The molecule has 0 unspecified atom stereocenters. The van der Waals surface area contributed by atoms with Gasteiger partial charge in [-0.15, -0.1) is 0 Å². The Labute approximate surface area is 204 Å². The SMILES string of the molecule is O=C(Cn1cnc2ccccc2c1=O)NNC(=O)c1cc(-c2ccccc2Cl)nc2ccccc12. The van der Waals surface area contributed by atoms with Gasteiger partial charge in [0.25, 0.3) is 17.4 Å². The topological polar surface area (TPSA) is 106 Å². The molecule has 0 aliphatic heterocycles. The molecule has 0 saturated carbocycles. The maximum absolute atomic E-state index is 13.1. The van der Waals surface area contributed by atoms with Gasteiger partial charge in [-0.3, -0.25) is 29.8 Å². The largest absolute Gasteiger partial charge is 0.289 e. The number of benzene rings is 3. The van der Waals surface area contributed by atoms with Crippen LogP contribution in [-0.2, 0) is 11.3 Å². The van der Waals surface area contributed by atoms with Crippen LogP contribution in [0.2, 0.25) is 5.02 Å². The van der Waals surface area contributed by atoms with Crippen molar-refractivity contribution < 1.29 is 9.59 Å². The Morgan fingerprint density at radius 1 is 0.857 bits per heavy atom. The zero-order valence-electron chi connectivity index (χ0n) is 18.2. The summed E-state index contributed by atoms with van der Waals surface area (Å²) in [7, 11) is 0. The van der Waals surface area contributed by atoms with Crippen molar-refractivity contribution in [3.8, 4) is 11.3 Å². The van der Waals surface area contributed by atoms with Gasteiger partial charge in [0.15, 0.2) is 0 Å². The Balaban J connectivity index is 1.38. The van der Waals surface area contributed by atoms with Crippen LogP contribution in [0.3, 0.4) is 0 Å². The molecule has 5 rings (SSSR count). The van der Waals surface area contributed by atoms with Crippen LogP contribution in [0.4, 0.5) is 0 Å². The fraction of sp³-hybridized carbons (Fsp3) is 0.0385. The second-order valence-electron chi connectivity index (χ2n) is 7.75. The predicted octanol–water partition coefficient (Wildman–Crippen LogP) is 3.73. The lowest BCUT2D eigenvalue weighted by atomic mass is 10.0. The van der Waals surface area contributed by atoms with E-state index in [0.29, 0.717) is 43.6 Å². The molecule has 5 aromatic rings. The summed E-state index contributed by atoms with van der Waals surface area (Å²) in [6.07, 6.45) is 1.30. The third-order valence-corrected chi connectivity index (χ3v) is 5.80. The maximum atomic E-state index is 13.1. The highest BCUT2D eigenvalue weighted by Gasteiger charge is 2.16. The lowest BCUT2D eigenvalue weighted by Gasteiger charge is -2.12. The Bertz CT molecular complexity index is 1660. The van der Waals surface area contributed by atoms with Crippen molar-refractivity contribution in [3.63, 3.8) is 0 Å². The summed E-state index contributed by atoms with van der Waals surface area (Å²) in [4.78, 5) is 47.0. The number of pyridine rings is 1. The van der Waals surface area contributed by atoms with Crippen LogP contribution in [0.25, 0.3) is 33.1 Å². The Hall–Kier alpha value is -4.56. The zero-order valence-corrected chi connectivity index (χ0v) is 19.0. The van der Waals surface area contributed by atoms with E-state index in [-0.39, 0.29) is 12.1 Å². The molecule has 0 atom stereocenters.